The summed E-state index contributed by atoms with van der Waals surface area (Å²) in [7, 11) is 3.27. The number of carbonyl (C=O) groups excluding carboxylic acids is 2. The van der Waals surface area contributed by atoms with Crippen molar-refractivity contribution in [2.45, 2.75) is 19.9 Å². The van der Waals surface area contributed by atoms with E-state index in [4.69, 9.17) is 17.3 Å². The molecule has 6 heteroatoms. The normalized spacial score (nSPS) is 12.2. The summed E-state index contributed by atoms with van der Waals surface area (Å²) in [5.41, 5.74) is 6.61. The molecule has 1 atom stereocenters. The van der Waals surface area contributed by atoms with E-state index in [9.17, 15) is 9.59 Å². The van der Waals surface area contributed by atoms with E-state index in [0.29, 0.717) is 16.3 Å². The maximum absolute atomic E-state index is 11.9. The van der Waals surface area contributed by atoms with Crippen molar-refractivity contribution in [3.63, 3.8) is 0 Å². The zero-order valence-electron chi connectivity index (χ0n) is 12.1. The Balaban J connectivity index is 2.96. The lowest BCUT2D eigenvalue weighted by atomic mass is 10.0. The van der Waals surface area contributed by atoms with Crippen molar-refractivity contribution in [2.75, 3.05) is 19.4 Å². The van der Waals surface area contributed by atoms with E-state index in [0.717, 1.165) is 0 Å². The van der Waals surface area contributed by atoms with Crippen molar-refractivity contribution in [3.8, 4) is 0 Å². The maximum atomic E-state index is 11.9. The van der Waals surface area contributed by atoms with Crippen LogP contribution in [0.4, 0.5) is 5.69 Å². The lowest BCUT2D eigenvalue weighted by Gasteiger charge is -2.17. The molecule has 0 saturated heterocycles. The Labute approximate surface area is 124 Å². The molecule has 0 aliphatic rings. The van der Waals surface area contributed by atoms with Crippen molar-refractivity contribution in [1.29, 1.82) is 0 Å². The summed E-state index contributed by atoms with van der Waals surface area (Å²) in [5.74, 6) is -0.477. The van der Waals surface area contributed by atoms with E-state index in [-0.39, 0.29) is 17.7 Å². The topological polar surface area (TPSA) is 75.4 Å². The third-order valence-corrected chi connectivity index (χ3v) is 3.22. The van der Waals surface area contributed by atoms with Crippen molar-refractivity contribution in [2.24, 2.45) is 11.7 Å². The molecular weight excluding hydrogens is 278 g/mol. The number of nitrogens with zero attached hydrogens (tertiary/aromatic N) is 1. The molecule has 5 nitrogen and oxygen atoms in total. The molecule has 0 bridgehead atoms. The van der Waals surface area contributed by atoms with E-state index >= 15 is 0 Å². The van der Waals surface area contributed by atoms with Crippen LogP contribution in [-0.2, 0) is 4.79 Å². The summed E-state index contributed by atoms with van der Waals surface area (Å²) in [6.07, 6.45) is 0. The van der Waals surface area contributed by atoms with Gasteiger partial charge in [-0.05, 0) is 24.1 Å². The van der Waals surface area contributed by atoms with E-state index in [2.05, 4.69) is 5.32 Å². The Morgan fingerprint density at radius 3 is 2.40 bits per heavy atom. The molecule has 20 heavy (non-hydrogen) atoms. The SMILES string of the molecule is CC(C)C(N)C(=O)Nc1ccc(Cl)c(C(=O)N(C)C)c1. The molecule has 1 unspecified atom stereocenters. The van der Waals surface area contributed by atoms with Gasteiger partial charge in [0, 0.05) is 19.8 Å². The molecule has 0 aliphatic heterocycles. The van der Waals surface area contributed by atoms with Gasteiger partial charge in [0.25, 0.3) is 5.91 Å². The Kier molecular flexibility index (Phi) is 5.53. The van der Waals surface area contributed by atoms with Crippen molar-refractivity contribution in [3.05, 3.63) is 28.8 Å². The smallest absolute Gasteiger partial charge is 0.254 e. The molecule has 1 aromatic rings. The molecule has 0 aromatic heterocycles. The van der Waals surface area contributed by atoms with Gasteiger partial charge in [-0.1, -0.05) is 25.4 Å². The van der Waals surface area contributed by atoms with Crippen LogP contribution in [-0.4, -0.2) is 36.9 Å². The number of nitrogens with two attached hydrogens (primary N) is 1. The average molecular weight is 298 g/mol. The number of benzene rings is 1. The third kappa shape index (κ3) is 3.95. The number of anilines is 1. The van der Waals surface area contributed by atoms with Gasteiger partial charge in [0.1, 0.15) is 0 Å². The van der Waals surface area contributed by atoms with Crippen molar-refractivity contribution < 1.29 is 9.59 Å². The summed E-state index contributed by atoms with van der Waals surface area (Å²) < 4.78 is 0. The van der Waals surface area contributed by atoms with Crippen LogP contribution in [0.1, 0.15) is 24.2 Å². The fourth-order valence-electron chi connectivity index (χ4n) is 1.54. The number of carbonyl (C=O) groups is 2. The lowest BCUT2D eigenvalue weighted by molar-refractivity contribution is -0.118. The van der Waals surface area contributed by atoms with Crippen molar-refractivity contribution >= 4 is 29.1 Å². The van der Waals surface area contributed by atoms with Crippen LogP contribution in [0.3, 0.4) is 0 Å². The molecular formula is C14H20ClN3O2. The zero-order chi connectivity index (χ0) is 15.4. The van der Waals surface area contributed by atoms with Gasteiger partial charge in [0.05, 0.1) is 16.6 Å². The second-order valence-electron chi connectivity index (χ2n) is 5.15. The predicted molar refractivity (Wildman–Crippen MR) is 80.9 cm³/mol. The monoisotopic (exact) mass is 297 g/mol. The van der Waals surface area contributed by atoms with Gasteiger partial charge in [0.2, 0.25) is 5.91 Å². The van der Waals surface area contributed by atoms with Gasteiger partial charge < -0.3 is 16.0 Å². The number of rotatable bonds is 4. The largest absolute Gasteiger partial charge is 0.345 e. The highest BCUT2D eigenvalue weighted by molar-refractivity contribution is 6.34. The Bertz CT molecular complexity index is 515. The highest BCUT2D eigenvalue weighted by Gasteiger charge is 2.18. The number of amides is 2. The van der Waals surface area contributed by atoms with Gasteiger partial charge in [0.15, 0.2) is 0 Å². The molecule has 2 amide bonds. The molecule has 0 spiro atoms. The minimum atomic E-state index is -0.598. The molecule has 1 aromatic carbocycles. The van der Waals surface area contributed by atoms with Crippen molar-refractivity contribution in [1.82, 2.24) is 4.90 Å². The van der Waals surface area contributed by atoms with E-state index in [1.54, 1.807) is 32.3 Å². The molecule has 110 valence electrons. The first-order valence-corrected chi connectivity index (χ1v) is 6.69. The van der Waals surface area contributed by atoms with E-state index in [1.165, 1.54) is 4.90 Å². The number of hydrogen-bond acceptors (Lipinski definition) is 3. The first-order chi connectivity index (χ1) is 9.23. The summed E-state index contributed by atoms with van der Waals surface area (Å²) in [5, 5.41) is 3.03. The summed E-state index contributed by atoms with van der Waals surface area (Å²) in [4.78, 5) is 25.3. The summed E-state index contributed by atoms with van der Waals surface area (Å²) >= 11 is 6.00. The highest BCUT2D eigenvalue weighted by Crippen LogP contribution is 2.22. The molecule has 3 N–H and O–H groups in total. The van der Waals surface area contributed by atoms with Crippen LogP contribution in [0.15, 0.2) is 18.2 Å². The Morgan fingerprint density at radius 1 is 1.30 bits per heavy atom. The molecule has 0 heterocycles. The second kappa shape index (κ2) is 6.72. The fraction of sp³-hybridized carbons (Fsp3) is 0.429. The predicted octanol–water partition coefficient (Wildman–Crippen LogP) is 1.96. The highest BCUT2D eigenvalue weighted by atomic mass is 35.5. The molecule has 0 radical (unpaired) electrons. The van der Waals surface area contributed by atoms with Crippen LogP contribution >= 0.6 is 11.6 Å². The molecule has 0 aliphatic carbocycles. The van der Waals surface area contributed by atoms with E-state index < -0.39 is 6.04 Å². The fourth-order valence-corrected chi connectivity index (χ4v) is 1.73. The minimum Gasteiger partial charge on any atom is -0.345 e. The van der Waals surface area contributed by atoms with Crippen LogP contribution < -0.4 is 11.1 Å². The maximum Gasteiger partial charge on any atom is 0.254 e. The average Bonchev–Trinajstić information content (AvgIpc) is 2.38. The van der Waals surface area contributed by atoms with Gasteiger partial charge in [-0.3, -0.25) is 9.59 Å². The van der Waals surface area contributed by atoms with Crippen LogP contribution in [0.5, 0.6) is 0 Å². The number of hydrogen-bond donors (Lipinski definition) is 2. The molecule has 0 fully saturated rings. The van der Waals surface area contributed by atoms with Gasteiger partial charge in [-0.15, -0.1) is 0 Å². The lowest BCUT2D eigenvalue weighted by Crippen LogP contribution is -2.39. The van der Waals surface area contributed by atoms with E-state index in [1.807, 2.05) is 13.8 Å². The van der Waals surface area contributed by atoms with Crippen LogP contribution in [0.25, 0.3) is 0 Å². The molecule has 0 saturated carbocycles. The van der Waals surface area contributed by atoms with Gasteiger partial charge >= 0.3 is 0 Å². The third-order valence-electron chi connectivity index (χ3n) is 2.89. The van der Waals surface area contributed by atoms with Gasteiger partial charge in [-0.25, -0.2) is 0 Å². The van der Waals surface area contributed by atoms with Crippen LogP contribution in [0, 0.1) is 5.92 Å². The molecule has 1 rings (SSSR count). The number of nitrogens with one attached hydrogen (secondary N) is 1. The summed E-state index contributed by atoms with van der Waals surface area (Å²) in [6, 6.07) is 4.17. The minimum absolute atomic E-state index is 0.0326. The van der Waals surface area contributed by atoms with Crippen LogP contribution in [0.2, 0.25) is 5.02 Å². The van der Waals surface area contributed by atoms with Gasteiger partial charge in [-0.2, -0.15) is 0 Å². The Hall–Kier alpha value is -1.59. The second-order valence-corrected chi connectivity index (χ2v) is 5.56. The summed E-state index contributed by atoms with van der Waals surface area (Å²) in [6.45, 7) is 3.74. The first-order valence-electron chi connectivity index (χ1n) is 6.31. The zero-order valence-corrected chi connectivity index (χ0v) is 12.9. The quantitative estimate of drug-likeness (QED) is 0.892. The standard InChI is InChI=1S/C14H20ClN3O2/c1-8(2)12(16)13(19)17-9-5-6-11(15)10(7-9)14(20)18(3)4/h5-8,12H,16H2,1-4H3,(H,17,19). The Morgan fingerprint density at radius 2 is 1.90 bits per heavy atom. The first kappa shape index (κ1) is 16.5. The number of halogens is 1.